The molecule has 1 heterocycles. The number of alkyl halides is 3. The summed E-state index contributed by atoms with van der Waals surface area (Å²) in [6, 6.07) is 2.30. The molecule has 74 valence electrons. The van der Waals surface area contributed by atoms with Crippen molar-refractivity contribution in [1.29, 1.82) is 5.26 Å². The largest absolute Gasteiger partial charge is 0.417 e. The van der Waals surface area contributed by atoms with Gasteiger partial charge in [0.1, 0.15) is 0 Å². The van der Waals surface area contributed by atoms with Crippen LogP contribution in [0.2, 0.25) is 0 Å². The third-order valence-corrected chi connectivity index (χ3v) is 1.58. The van der Waals surface area contributed by atoms with Crippen LogP contribution in [0.5, 0.6) is 0 Å². The molecular weight excluding hydrogens is 197 g/mol. The van der Waals surface area contributed by atoms with Crippen LogP contribution in [0.1, 0.15) is 11.1 Å². The molecule has 0 spiro atoms. The number of nitriles is 1. The zero-order chi connectivity index (χ0) is 10.8. The molecule has 1 rings (SSSR count). The minimum Gasteiger partial charge on any atom is -0.328 e. The zero-order valence-corrected chi connectivity index (χ0v) is 6.85. The van der Waals surface area contributed by atoms with Crippen molar-refractivity contribution in [1.82, 2.24) is 4.98 Å². The molecule has 6 heteroatoms. The van der Waals surface area contributed by atoms with Crippen LogP contribution in [0.3, 0.4) is 0 Å². The number of nitrogens with zero attached hydrogens (tertiary/aromatic N) is 1. The molecule has 14 heavy (non-hydrogen) atoms. The fourth-order valence-electron chi connectivity index (χ4n) is 0.911. The summed E-state index contributed by atoms with van der Waals surface area (Å²) < 4.78 is 36.4. The van der Waals surface area contributed by atoms with Gasteiger partial charge in [-0.05, 0) is 6.07 Å². The van der Waals surface area contributed by atoms with Crippen LogP contribution >= 0.6 is 0 Å². The Morgan fingerprint density at radius 2 is 2.14 bits per heavy atom. The second-order valence-corrected chi connectivity index (χ2v) is 2.58. The smallest absolute Gasteiger partial charge is 0.328 e. The van der Waals surface area contributed by atoms with E-state index in [9.17, 15) is 18.0 Å². The van der Waals surface area contributed by atoms with E-state index in [1.54, 1.807) is 6.07 Å². The first-order valence-corrected chi connectivity index (χ1v) is 3.61. The van der Waals surface area contributed by atoms with Gasteiger partial charge in [0, 0.05) is 11.8 Å². The summed E-state index contributed by atoms with van der Waals surface area (Å²) in [4.78, 5) is 12.8. The number of aromatic amines is 1. The predicted octanol–water partition coefficient (Wildman–Crippen LogP) is 1.46. The number of nitrogens with one attached hydrogen (secondary N) is 1. The lowest BCUT2D eigenvalue weighted by molar-refractivity contribution is -0.137. The van der Waals surface area contributed by atoms with Gasteiger partial charge in [0.15, 0.2) is 0 Å². The molecule has 0 radical (unpaired) electrons. The highest BCUT2D eigenvalue weighted by Crippen LogP contribution is 2.28. The summed E-state index contributed by atoms with van der Waals surface area (Å²) in [5.41, 5.74) is -1.80. The fraction of sp³-hybridized carbons (Fsp3) is 0.250. The van der Waals surface area contributed by atoms with E-state index in [-0.39, 0.29) is 12.0 Å². The Hall–Kier alpha value is -1.77. The SMILES string of the molecule is N#CCc1cc(C(F)(F)F)c[nH]c1=O. The van der Waals surface area contributed by atoms with Crippen molar-refractivity contribution in [2.45, 2.75) is 12.6 Å². The highest BCUT2D eigenvalue weighted by molar-refractivity contribution is 5.22. The maximum absolute atomic E-state index is 12.1. The quantitative estimate of drug-likeness (QED) is 0.749. The van der Waals surface area contributed by atoms with Crippen LogP contribution in [-0.4, -0.2) is 4.98 Å². The van der Waals surface area contributed by atoms with Crippen LogP contribution < -0.4 is 5.56 Å². The van der Waals surface area contributed by atoms with E-state index in [0.29, 0.717) is 12.3 Å². The average Bonchev–Trinajstić information content (AvgIpc) is 2.07. The summed E-state index contributed by atoms with van der Waals surface area (Å²) in [5, 5.41) is 8.25. The van der Waals surface area contributed by atoms with E-state index in [1.807, 2.05) is 4.98 Å². The summed E-state index contributed by atoms with van der Waals surface area (Å²) in [6.07, 6.45) is -4.25. The molecule has 3 nitrogen and oxygen atoms in total. The van der Waals surface area contributed by atoms with Crippen molar-refractivity contribution in [2.75, 3.05) is 0 Å². The molecule has 0 saturated carbocycles. The van der Waals surface area contributed by atoms with Gasteiger partial charge in [-0.25, -0.2) is 0 Å². The molecule has 0 aliphatic carbocycles. The highest BCUT2D eigenvalue weighted by atomic mass is 19.4. The third-order valence-electron chi connectivity index (χ3n) is 1.58. The number of pyridine rings is 1. The van der Waals surface area contributed by atoms with Gasteiger partial charge in [-0.1, -0.05) is 0 Å². The zero-order valence-electron chi connectivity index (χ0n) is 6.85. The summed E-state index contributed by atoms with van der Waals surface area (Å²) >= 11 is 0. The molecular formula is C8H5F3N2O. The first kappa shape index (κ1) is 10.3. The van der Waals surface area contributed by atoms with Gasteiger partial charge in [0.25, 0.3) is 5.56 Å². The molecule has 0 aliphatic rings. The standard InChI is InChI=1S/C8H5F3N2O/c9-8(10,11)6-3-5(1-2-12)7(14)13-4-6/h3-4H,1H2,(H,13,14). The van der Waals surface area contributed by atoms with Gasteiger partial charge in [-0.15, -0.1) is 0 Å². The lowest BCUT2D eigenvalue weighted by atomic mass is 10.1. The summed E-state index contributed by atoms with van der Waals surface area (Å²) in [6.45, 7) is 0. The second-order valence-electron chi connectivity index (χ2n) is 2.58. The van der Waals surface area contributed by atoms with E-state index in [1.165, 1.54) is 0 Å². The molecule has 0 saturated heterocycles. The van der Waals surface area contributed by atoms with Crippen LogP contribution in [0.25, 0.3) is 0 Å². The van der Waals surface area contributed by atoms with E-state index in [2.05, 4.69) is 0 Å². The normalized spacial score (nSPS) is 11.0. The van der Waals surface area contributed by atoms with Crippen molar-refractivity contribution >= 4 is 0 Å². The van der Waals surface area contributed by atoms with Gasteiger partial charge < -0.3 is 4.98 Å². The van der Waals surface area contributed by atoms with Crippen molar-refractivity contribution in [2.24, 2.45) is 0 Å². The van der Waals surface area contributed by atoms with Crippen LogP contribution in [0, 0.1) is 11.3 Å². The Bertz CT molecular complexity index is 427. The molecule has 0 atom stereocenters. The molecule has 1 aromatic heterocycles. The maximum Gasteiger partial charge on any atom is 0.417 e. The third kappa shape index (κ3) is 2.13. The van der Waals surface area contributed by atoms with E-state index in [4.69, 9.17) is 5.26 Å². The van der Waals surface area contributed by atoms with E-state index < -0.39 is 17.3 Å². The first-order valence-electron chi connectivity index (χ1n) is 3.61. The minimum atomic E-state index is -4.51. The van der Waals surface area contributed by atoms with Crippen LogP contribution in [0.4, 0.5) is 13.2 Å². The number of rotatable bonds is 1. The van der Waals surface area contributed by atoms with Gasteiger partial charge in [-0.2, -0.15) is 18.4 Å². The first-order chi connectivity index (χ1) is 6.45. The number of aromatic nitrogens is 1. The molecule has 1 N–H and O–H groups in total. The second kappa shape index (κ2) is 3.54. The number of halogens is 3. The van der Waals surface area contributed by atoms with Crippen molar-refractivity contribution < 1.29 is 13.2 Å². The molecule has 1 aromatic rings. The Balaban J connectivity index is 3.21. The number of hydrogen-bond donors (Lipinski definition) is 1. The van der Waals surface area contributed by atoms with Crippen molar-refractivity contribution in [3.63, 3.8) is 0 Å². The summed E-state index contributed by atoms with van der Waals surface area (Å²) in [7, 11) is 0. The van der Waals surface area contributed by atoms with Gasteiger partial charge in [0.05, 0.1) is 18.1 Å². The average molecular weight is 202 g/mol. The Labute approximate surface area is 76.8 Å². The topological polar surface area (TPSA) is 56.6 Å². The molecule has 0 aliphatic heterocycles. The Morgan fingerprint density at radius 3 is 2.64 bits per heavy atom. The molecule has 0 amide bonds. The van der Waals surface area contributed by atoms with Gasteiger partial charge in [0.2, 0.25) is 0 Å². The van der Waals surface area contributed by atoms with Gasteiger partial charge >= 0.3 is 6.18 Å². The van der Waals surface area contributed by atoms with E-state index >= 15 is 0 Å². The van der Waals surface area contributed by atoms with E-state index in [0.717, 1.165) is 0 Å². The Kier molecular flexibility index (Phi) is 2.60. The number of H-pyrrole nitrogens is 1. The molecule has 0 bridgehead atoms. The lowest BCUT2D eigenvalue weighted by Crippen LogP contribution is -2.16. The van der Waals surface area contributed by atoms with Crippen LogP contribution in [-0.2, 0) is 12.6 Å². The molecule has 0 fully saturated rings. The van der Waals surface area contributed by atoms with Gasteiger partial charge in [-0.3, -0.25) is 4.79 Å². The monoisotopic (exact) mass is 202 g/mol. The molecule has 0 unspecified atom stereocenters. The lowest BCUT2D eigenvalue weighted by Gasteiger charge is -2.06. The predicted molar refractivity (Wildman–Crippen MR) is 41.4 cm³/mol. The fourth-order valence-corrected chi connectivity index (χ4v) is 0.911. The minimum absolute atomic E-state index is 0.178. The maximum atomic E-state index is 12.1. The molecule has 0 aromatic carbocycles. The van der Waals surface area contributed by atoms with Crippen molar-refractivity contribution in [3.05, 3.63) is 33.7 Å². The number of hydrogen-bond acceptors (Lipinski definition) is 2. The highest BCUT2D eigenvalue weighted by Gasteiger charge is 2.31. The summed E-state index contributed by atoms with van der Waals surface area (Å²) in [5.74, 6) is 0. The van der Waals surface area contributed by atoms with Crippen molar-refractivity contribution in [3.8, 4) is 6.07 Å². The van der Waals surface area contributed by atoms with Crippen LogP contribution in [0.15, 0.2) is 17.1 Å². The Morgan fingerprint density at radius 1 is 1.50 bits per heavy atom.